The predicted octanol–water partition coefficient (Wildman–Crippen LogP) is 4.72. The first-order chi connectivity index (χ1) is 13.7. The van der Waals surface area contributed by atoms with Crippen LogP contribution in [0.1, 0.15) is 39.2 Å². The van der Waals surface area contributed by atoms with Gasteiger partial charge in [-0.25, -0.2) is 9.37 Å². The normalized spacial score (nSPS) is 13.8. The Hall–Kier alpha value is -3.71. The predicted molar refractivity (Wildman–Crippen MR) is 109 cm³/mol. The van der Waals surface area contributed by atoms with Crippen LogP contribution in [0.2, 0.25) is 0 Å². The molecule has 2 aromatic carbocycles. The van der Waals surface area contributed by atoms with Crippen LogP contribution in [0, 0.1) is 17.7 Å². The zero-order valence-electron chi connectivity index (χ0n) is 14.9. The standard InChI is InChI=1S/C24H15FN2O/c25-21-12-11-19(27-22(21)14-26-28)10-9-17-13-18-5-1-3-15-7-8-16-4-2-6-20(17)24(16)23(15)18/h1-4,7-8,11-14,28H,5-6H2/b26-14-. The van der Waals surface area contributed by atoms with Crippen molar-refractivity contribution in [1.82, 2.24) is 4.98 Å². The van der Waals surface area contributed by atoms with Crippen LogP contribution in [-0.2, 0) is 12.8 Å². The molecule has 1 aromatic heterocycles. The number of benzene rings is 2. The van der Waals surface area contributed by atoms with Crippen LogP contribution >= 0.6 is 0 Å². The molecule has 1 N–H and O–H groups in total. The summed E-state index contributed by atoms with van der Waals surface area (Å²) in [4.78, 5) is 4.11. The zero-order valence-corrected chi connectivity index (χ0v) is 14.9. The fourth-order valence-electron chi connectivity index (χ4n) is 3.96. The van der Waals surface area contributed by atoms with Crippen LogP contribution in [-0.4, -0.2) is 16.4 Å². The molecule has 0 saturated heterocycles. The molecule has 5 rings (SSSR count). The van der Waals surface area contributed by atoms with Gasteiger partial charge in [0.1, 0.15) is 11.4 Å². The van der Waals surface area contributed by atoms with Crippen LogP contribution in [0.3, 0.4) is 0 Å². The van der Waals surface area contributed by atoms with Crippen LogP contribution < -0.4 is 0 Å². The summed E-state index contributed by atoms with van der Waals surface area (Å²) in [6.07, 6.45) is 11.4. The van der Waals surface area contributed by atoms with E-state index < -0.39 is 5.82 Å². The van der Waals surface area contributed by atoms with Gasteiger partial charge in [0, 0.05) is 5.56 Å². The second kappa shape index (κ2) is 6.47. The van der Waals surface area contributed by atoms with Gasteiger partial charge in [0.15, 0.2) is 5.82 Å². The van der Waals surface area contributed by atoms with Gasteiger partial charge in [0.25, 0.3) is 0 Å². The van der Waals surface area contributed by atoms with Crippen LogP contribution in [0.5, 0.6) is 0 Å². The highest BCUT2D eigenvalue weighted by atomic mass is 19.1. The van der Waals surface area contributed by atoms with Gasteiger partial charge in [-0.05, 0) is 70.0 Å². The highest BCUT2D eigenvalue weighted by Crippen LogP contribution is 2.37. The van der Waals surface area contributed by atoms with Crippen molar-refractivity contribution in [2.75, 3.05) is 0 Å². The van der Waals surface area contributed by atoms with E-state index in [-0.39, 0.29) is 5.69 Å². The Morgan fingerprint density at radius 3 is 2.61 bits per heavy atom. The summed E-state index contributed by atoms with van der Waals surface area (Å²) in [7, 11) is 0. The van der Waals surface area contributed by atoms with E-state index in [2.05, 4.69) is 64.5 Å². The van der Waals surface area contributed by atoms with Gasteiger partial charge in [-0.3, -0.25) is 0 Å². The van der Waals surface area contributed by atoms with Gasteiger partial charge in [-0.2, -0.15) is 0 Å². The molecule has 3 aromatic rings. The molecule has 1 heterocycles. The van der Waals surface area contributed by atoms with Crippen molar-refractivity contribution >= 4 is 29.1 Å². The van der Waals surface area contributed by atoms with Gasteiger partial charge in [-0.1, -0.05) is 47.5 Å². The second-order valence-electron chi connectivity index (χ2n) is 6.83. The van der Waals surface area contributed by atoms with Crippen molar-refractivity contribution in [3.63, 3.8) is 0 Å². The minimum Gasteiger partial charge on any atom is -0.411 e. The molecule has 0 amide bonds. The Morgan fingerprint density at radius 1 is 1.00 bits per heavy atom. The number of rotatable bonds is 1. The summed E-state index contributed by atoms with van der Waals surface area (Å²) in [5.74, 6) is 5.73. The summed E-state index contributed by atoms with van der Waals surface area (Å²) in [6.45, 7) is 0. The molecule has 134 valence electrons. The molecular weight excluding hydrogens is 351 g/mol. The highest BCUT2D eigenvalue weighted by Gasteiger charge is 2.18. The van der Waals surface area contributed by atoms with E-state index in [1.165, 1.54) is 45.2 Å². The van der Waals surface area contributed by atoms with E-state index in [0.717, 1.165) is 24.6 Å². The minimum atomic E-state index is -0.553. The monoisotopic (exact) mass is 366 g/mol. The smallest absolute Gasteiger partial charge is 0.150 e. The Balaban J connectivity index is 1.68. The third kappa shape index (κ3) is 2.60. The van der Waals surface area contributed by atoms with E-state index >= 15 is 0 Å². The highest BCUT2D eigenvalue weighted by molar-refractivity contribution is 6.03. The quantitative estimate of drug-likeness (QED) is 0.293. The van der Waals surface area contributed by atoms with Gasteiger partial charge in [0.05, 0.1) is 6.21 Å². The Kier molecular flexibility index (Phi) is 3.80. The molecule has 0 atom stereocenters. The average molecular weight is 366 g/mol. The lowest BCUT2D eigenvalue weighted by Crippen LogP contribution is -2.03. The summed E-state index contributed by atoms with van der Waals surface area (Å²) < 4.78 is 13.7. The van der Waals surface area contributed by atoms with Gasteiger partial charge in [0.2, 0.25) is 0 Å². The second-order valence-corrected chi connectivity index (χ2v) is 6.83. The lowest BCUT2D eigenvalue weighted by molar-refractivity contribution is 0.321. The molecule has 28 heavy (non-hydrogen) atoms. The first-order valence-corrected chi connectivity index (χ1v) is 9.05. The molecule has 4 heteroatoms. The van der Waals surface area contributed by atoms with Crippen LogP contribution in [0.25, 0.3) is 22.9 Å². The fraction of sp³-hybridized carbons (Fsp3) is 0.0833. The maximum Gasteiger partial charge on any atom is 0.150 e. The number of hydrogen-bond donors (Lipinski definition) is 1. The molecule has 0 bridgehead atoms. The molecule has 0 spiro atoms. The summed E-state index contributed by atoms with van der Waals surface area (Å²) >= 11 is 0. The molecule has 0 aliphatic heterocycles. The van der Waals surface area contributed by atoms with E-state index in [4.69, 9.17) is 5.21 Å². The van der Waals surface area contributed by atoms with Gasteiger partial charge in [-0.15, -0.1) is 0 Å². The third-order valence-electron chi connectivity index (χ3n) is 5.17. The summed E-state index contributed by atoms with van der Waals surface area (Å²) in [5.41, 5.74) is 6.34. The van der Waals surface area contributed by atoms with Crippen molar-refractivity contribution in [3.8, 4) is 11.8 Å². The van der Waals surface area contributed by atoms with E-state index in [1.54, 1.807) is 0 Å². The number of halogens is 1. The molecule has 2 aliphatic carbocycles. The number of pyridine rings is 1. The van der Waals surface area contributed by atoms with Crippen molar-refractivity contribution in [2.24, 2.45) is 5.16 Å². The largest absolute Gasteiger partial charge is 0.411 e. The Bertz CT molecular complexity index is 1290. The van der Waals surface area contributed by atoms with Crippen LogP contribution in [0.15, 0.2) is 47.6 Å². The molecule has 0 unspecified atom stereocenters. The maximum atomic E-state index is 13.7. The fourth-order valence-corrected chi connectivity index (χ4v) is 3.96. The van der Waals surface area contributed by atoms with E-state index in [9.17, 15) is 4.39 Å². The summed E-state index contributed by atoms with van der Waals surface area (Å²) in [5, 5.41) is 14.1. The van der Waals surface area contributed by atoms with Crippen molar-refractivity contribution in [2.45, 2.75) is 12.8 Å². The first kappa shape index (κ1) is 16.5. The lowest BCUT2D eigenvalue weighted by atomic mass is 9.82. The Labute approximate surface area is 161 Å². The van der Waals surface area contributed by atoms with Gasteiger partial charge < -0.3 is 5.21 Å². The van der Waals surface area contributed by atoms with Crippen molar-refractivity contribution in [3.05, 3.63) is 87.5 Å². The van der Waals surface area contributed by atoms with Crippen molar-refractivity contribution < 1.29 is 9.60 Å². The Morgan fingerprint density at radius 2 is 1.79 bits per heavy atom. The van der Waals surface area contributed by atoms with Crippen LogP contribution in [0.4, 0.5) is 4.39 Å². The molecule has 0 fully saturated rings. The van der Waals surface area contributed by atoms with E-state index in [0.29, 0.717) is 5.69 Å². The number of nitrogens with zero attached hydrogens (tertiary/aromatic N) is 2. The van der Waals surface area contributed by atoms with E-state index in [1.807, 2.05) is 0 Å². The molecule has 3 nitrogen and oxygen atoms in total. The molecule has 2 aliphatic rings. The third-order valence-corrected chi connectivity index (χ3v) is 5.17. The van der Waals surface area contributed by atoms with Crippen molar-refractivity contribution in [1.29, 1.82) is 0 Å². The molecule has 0 saturated carbocycles. The number of aromatic nitrogens is 1. The van der Waals surface area contributed by atoms with Gasteiger partial charge >= 0.3 is 0 Å². The first-order valence-electron chi connectivity index (χ1n) is 9.05. The molecule has 0 radical (unpaired) electrons. The lowest BCUT2D eigenvalue weighted by Gasteiger charge is -2.21. The zero-order chi connectivity index (χ0) is 19.1. The topological polar surface area (TPSA) is 45.5 Å². The number of hydrogen-bond acceptors (Lipinski definition) is 3. The SMILES string of the molecule is O/N=C\c1nc(C#Cc2cc3c4c(ccc5c4c2CC=C5)C=CC3)ccc1F. The maximum absolute atomic E-state index is 13.7. The molecular formula is C24H15FN2O. The number of allylic oxidation sites excluding steroid dienone is 2. The average Bonchev–Trinajstić information content (AvgIpc) is 2.73. The minimum absolute atomic E-state index is 0.0377. The number of oxime groups is 1. The summed E-state index contributed by atoms with van der Waals surface area (Å²) in [6, 6.07) is 9.31.